The molecule has 0 N–H and O–H groups in total. The van der Waals surface area contributed by atoms with E-state index in [1.807, 2.05) is 0 Å². The summed E-state index contributed by atoms with van der Waals surface area (Å²) in [7, 11) is 1.67. The van der Waals surface area contributed by atoms with Gasteiger partial charge >= 0.3 is 17.9 Å². The molecular formula is C15H17ClN4O5. The molecule has 2 heterocycles. The Balaban J connectivity index is 1.83. The van der Waals surface area contributed by atoms with E-state index in [1.165, 1.54) is 10.9 Å². The van der Waals surface area contributed by atoms with Crippen LogP contribution in [0.1, 0.15) is 13.3 Å². The molecule has 9 nitrogen and oxygen atoms in total. The first-order chi connectivity index (χ1) is 12.0. The van der Waals surface area contributed by atoms with Crippen molar-refractivity contribution in [1.82, 2.24) is 19.7 Å². The first-order valence-corrected chi connectivity index (χ1v) is 7.84. The first-order valence-electron chi connectivity index (χ1n) is 7.46. The Bertz CT molecular complexity index is 732. The van der Waals surface area contributed by atoms with Crippen molar-refractivity contribution in [2.24, 2.45) is 7.05 Å². The van der Waals surface area contributed by atoms with Gasteiger partial charge in [-0.15, -0.1) is 5.10 Å². The molecule has 0 spiro atoms. The van der Waals surface area contributed by atoms with Crippen molar-refractivity contribution in [3.63, 3.8) is 0 Å². The SMILES string of the molecule is CCOC(=O)CCOC(=O)COc1nc(-c2ccc(Cl)cn2)n(C)n1. The summed E-state index contributed by atoms with van der Waals surface area (Å²) >= 11 is 5.80. The van der Waals surface area contributed by atoms with Crippen LogP contribution < -0.4 is 4.74 Å². The van der Waals surface area contributed by atoms with E-state index >= 15 is 0 Å². The molecule has 2 aromatic rings. The molecule has 0 atom stereocenters. The third kappa shape index (κ3) is 5.71. The van der Waals surface area contributed by atoms with Gasteiger partial charge in [-0.1, -0.05) is 11.6 Å². The number of hydrogen-bond acceptors (Lipinski definition) is 8. The monoisotopic (exact) mass is 368 g/mol. The van der Waals surface area contributed by atoms with E-state index in [2.05, 4.69) is 15.1 Å². The Hall–Kier alpha value is -2.68. The van der Waals surface area contributed by atoms with Crippen molar-refractivity contribution in [2.75, 3.05) is 19.8 Å². The molecule has 0 fully saturated rings. The first kappa shape index (κ1) is 18.7. The summed E-state index contributed by atoms with van der Waals surface area (Å²) < 4.78 is 16.2. The van der Waals surface area contributed by atoms with Gasteiger partial charge in [-0.25, -0.2) is 9.48 Å². The zero-order valence-corrected chi connectivity index (χ0v) is 14.5. The van der Waals surface area contributed by atoms with Crippen LogP contribution in [0.25, 0.3) is 11.5 Å². The molecule has 0 saturated heterocycles. The van der Waals surface area contributed by atoms with E-state index in [4.69, 9.17) is 25.8 Å². The number of carbonyl (C=O) groups is 2. The molecule has 134 valence electrons. The fraction of sp³-hybridized carbons (Fsp3) is 0.400. The van der Waals surface area contributed by atoms with Gasteiger partial charge in [0.25, 0.3) is 0 Å². The van der Waals surface area contributed by atoms with Gasteiger partial charge in [0, 0.05) is 13.2 Å². The second-order valence-corrected chi connectivity index (χ2v) is 5.20. The summed E-state index contributed by atoms with van der Waals surface area (Å²) in [4.78, 5) is 31.0. The Kier molecular flexibility index (Phi) is 6.70. The highest BCUT2D eigenvalue weighted by Gasteiger charge is 2.14. The summed E-state index contributed by atoms with van der Waals surface area (Å²) in [5.41, 5.74) is 0.561. The Morgan fingerprint density at radius 1 is 1.24 bits per heavy atom. The maximum atomic E-state index is 11.6. The highest BCUT2D eigenvalue weighted by atomic mass is 35.5. The number of halogens is 1. The van der Waals surface area contributed by atoms with Crippen LogP contribution in [0.4, 0.5) is 0 Å². The predicted octanol–water partition coefficient (Wildman–Crippen LogP) is 1.41. The third-order valence-electron chi connectivity index (χ3n) is 2.89. The normalized spacial score (nSPS) is 10.4. The maximum Gasteiger partial charge on any atom is 0.344 e. The lowest BCUT2D eigenvalue weighted by Gasteiger charge is -2.04. The lowest BCUT2D eigenvalue weighted by molar-refractivity contribution is -0.150. The molecule has 0 aliphatic heterocycles. The minimum absolute atomic E-state index is 0.00615. The van der Waals surface area contributed by atoms with E-state index < -0.39 is 11.9 Å². The van der Waals surface area contributed by atoms with Crippen LogP contribution in [-0.2, 0) is 26.1 Å². The molecular weight excluding hydrogens is 352 g/mol. The molecule has 0 unspecified atom stereocenters. The van der Waals surface area contributed by atoms with Gasteiger partial charge in [0.05, 0.1) is 18.1 Å². The highest BCUT2D eigenvalue weighted by Crippen LogP contribution is 2.18. The van der Waals surface area contributed by atoms with Crippen LogP contribution >= 0.6 is 11.6 Å². The smallest absolute Gasteiger partial charge is 0.344 e. The number of ether oxygens (including phenoxy) is 3. The number of aromatic nitrogens is 4. The summed E-state index contributed by atoms with van der Waals surface area (Å²) in [6.07, 6.45) is 1.49. The van der Waals surface area contributed by atoms with E-state index in [9.17, 15) is 9.59 Å². The molecule has 2 rings (SSSR count). The zero-order valence-electron chi connectivity index (χ0n) is 13.8. The minimum atomic E-state index is -0.636. The average molecular weight is 369 g/mol. The fourth-order valence-corrected chi connectivity index (χ4v) is 1.91. The largest absolute Gasteiger partial charge is 0.466 e. The van der Waals surface area contributed by atoms with Crippen molar-refractivity contribution in [2.45, 2.75) is 13.3 Å². The van der Waals surface area contributed by atoms with Crippen LogP contribution in [0.15, 0.2) is 18.3 Å². The number of esters is 2. The average Bonchev–Trinajstić information content (AvgIpc) is 2.95. The lowest BCUT2D eigenvalue weighted by atomic mass is 10.3. The number of hydrogen-bond donors (Lipinski definition) is 0. The molecule has 0 aliphatic rings. The van der Waals surface area contributed by atoms with E-state index in [1.54, 1.807) is 26.1 Å². The van der Waals surface area contributed by atoms with E-state index in [0.29, 0.717) is 16.5 Å². The van der Waals surface area contributed by atoms with Crippen LogP contribution in [0.3, 0.4) is 0 Å². The quantitative estimate of drug-likeness (QED) is 0.644. The fourth-order valence-electron chi connectivity index (χ4n) is 1.80. The molecule has 0 radical (unpaired) electrons. The van der Waals surface area contributed by atoms with Gasteiger partial charge in [-0.2, -0.15) is 4.98 Å². The van der Waals surface area contributed by atoms with Gasteiger partial charge in [-0.3, -0.25) is 9.78 Å². The van der Waals surface area contributed by atoms with Crippen molar-refractivity contribution < 1.29 is 23.8 Å². The van der Waals surface area contributed by atoms with E-state index in [-0.39, 0.29) is 32.3 Å². The van der Waals surface area contributed by atoms with E-state index in [0.717, 1.165) is 0 Å². The van der Waals surface area contributed by atoms with Crippen LogP contribution in [0.2, 0.25) is 5.02 Å². The molecule has 2 aromatic heterocycles. The number of carbonyl (C=O) groups excluding carboxylic acids is 2. The van der Waals surface area contributed by atoms with Crippen molar-refractivity contribution in [3.8, 4) is 17.5 Å². The zero-order chi connectivity index (χ0) is 18.2. The molecule has 0 saturated carbocycles. The van der Waals surface area contributed by atoms with Crippen molar-refractivity contribution in [3.05, 3.63) is 23.4 Å². The van der Waals surface area contributed by atoms with Crippen LogP contribution in [0.5, 0.6) is 6.01 Å². The van der Waals surface area contributed by atoms with Gasteiger partial charge in [0.15, 0.2) is 12.4 Å². The molecule has 10 heteroatoms. The van der Waals surface area contributed by atoms with Crippen molar-refractivity contribution in [1.29, 1.82) is 0 Å². The topological polar surface area (TPSA) is 105 Å². The van der Waals surface area contributed by atoms with Crippen LogP contribution in [-0.4, -0.2) is 51.5 Å². The highest BCUT2D eigenvalue weighted by molar-refractivity contribution is 6.30. The molecule has 0 aliphatic carbocycles. The Morgan fingerprint density at radius 2 is 2.04 bits per heavy atom. The molecule has 0 bridgehead atoms. The second kappa shape index (κ2) is 8.97. The van der Waals surface area contributed by atoms with Crippen molar-refractivity contribution >= 4 is 23.5 Å². The predicted molar refractivity (Wildman–Crippen MR) is 86.9 cm³/mol. The number of nitrogens with zero attached hydrogens (tertiary/aromatic N) is 4. The van der Waals surface area contributed by atoms with Gasteiger partial charge in [-0.05, 0) is 19.1 Å². The number of pyridine rings is 1. The molecule has 0 aromatic carbocycles. The summed E-state index contributed by atoms with van der Waals surface area (Å²) in [6, 6.07) is 3.39. The second-order valence-electron chi connectivity index (χ2n) is 4.77. The standard InChI is InChI=1S/C15H17ClN4O5/c1-3-23-12(21)6-7-24-13(22)9-25-15-18-14(20(2)19-15)11-5-4-10(16)8-17-11/h4-5,8H,3,6-7,9H2,1-2H3. The van der Waals surface area contributed by atoms with Gasteiger partial charge in [0.2, 0.25) is 0 Å². The lowest BCUT2D eigenvalue weighted by Crippen LogP contribution is -2.18. The maximum absolute atomic E-state index is 11.6. The van der Waals surface area contributed by atoms with Gasteiger partial charge < -0.3 is 14.2 Å². The van der Waals surface area contributed by atoms with Gasteiger partial charge in [0.1, 0.15) is 12.3 Å². The molecule has 25 heavy (non-hydrogen) atoms. The Morgan fingerprint density at radius 3 is 2.72 bits per heavy atom. The third-order valence-corrected chi connectivity index (χ3v) is 3.12. The van der Waals surface area contributed by atoms with Crippen LogP contribution in [0, 0.1) is 0 Å². The minimum Gasteiger partial charge on any atom is -0.466 e. The summed E-state index contributed by atoms with van der Waals surface area (Å²) in [5, 5.41) is 4.55. The Labute approximate surface area is 148 Å². The summed E-state index contributed by atoms with van der Waals surface area (Å²) in [6.45, 7) is 1.54. The number of aryl methyl sites for hydroxylation is 1. The molecule has 0 amide bonds. The number of rotatable bonds is 8. The summed E-state index contributed by atoms with van der Waals surface area (Å²) in [5.74, 6) is -0.604.